The van der Waals surface area contributed by atoms with Gasteiger partial charge in [0.25, 0.3) is 0 Å². The average Bonchev–Trinajstić information content (AvgIpc) is 2.47. The zero-order valence-corrected chi connectivity index (χ0v) is 14.3. The zero-order chi connectivity index (χ0) is 15.5. The van der Waals surface area contributed by atoms with Crippen molar-refractivity contribution in [1.82, 2.24) is 10.2 Å². The van der Waals surface area contributed by atoms with E-state index in [0.29, 0.717) is 6.04 Å². The van der Waals surface area contributed by atoms with Crippen molar-refractivity contribution in [3.8, 4) is 0 Å². The summed E-state index contributed by atoms with van der Waals surface area (Å²) in [5.41, 5.74) is 3.08. The Balaban J connectivity index is 2.28. The molecule has 3 nitrogen and oxygen atoms in total. The molecule has 1 aromatic rings. The summed E-state index contributed by atoms with van der Waals surface area (Å²) in [6.07, 6.45) is 1.13. The van der Waals surface area contributed by atoms with Crippen LogP contribution in [0.3, 0.4) is 0 Å². The summed E-state index contributed by atoms with van der Waals surface area (Å²) in [5, 5.41) is 3.62. The minimum absolute atomic E-state index is 0.227. The van der Waals surface area contributed by atoms with E-state index in [1.807, 2.05) is 0 Å². The molecule has 1 N–H and O–H groups in total. The van der Waals surface area contributed by atoms with Gasteiger partial charge in [-0.15, -0.1) is 0 Å². The maximum atomic E-state index is 3.62. The Hall–Kier alpha value is -1.06. The summed E-state index contributed by atoms with van der Waals surface area (Å²) in [7, 11) is 2.23. The van der Waals surface area contributed by atoms with E-state index in [0.717, 1.165) is 32.6 Å². The van der Waals surface area contributed by atoms with Gasteiger partial charge < -0.3 is 10.2 Å². The van der Waals surface area contributed by atoms with Crippen LogP contribution < -0.4 is 10.2 Å². The summed E-state index contributed by atoms with van der Waals surface area (Å²) in [5.74, 6) is 0. The number of rotatable bonds is 5. The minimum Gasteiger partial charge on any atom is -0.368 e. The number of hydrogen-bond donors (Lipinski definition) is 1. The van der Waals surface area contributed by atoms with Crippen LogP contribution in [0.5, 0.6) is 0 Å². The molecule has 1 heterocycles. The first-order valence-electron chi connectivity index (χ1n) is 8.28. The van der Waals surface area contributed by atoms with E-state index in [-0.39, 0.29) is 5.54 Å². The molecule has 3 heteroatoms. The summed E-state index contributed by atoms with van der Waals surface area (Å²) in [6.45, 7) is 13.5. The number of piperazine rings is 1. The van der Waals surface area contributed by atoms with E-state index in [1.165, 1.54) is 11.3 Å². The van der Waals surface area contributed by atoms with Gasteiger partial charge in [0.05, 0.1) is 0 Å². The first kappa shape index (κ1) is 16.3. The zero-order valence-electron chi connectivity index (χ0n) is 14.3. The molecule has 0 spiro atoms. The van der Waals surface area contributed by atoms with Crippen LogP contribution in [0.25, 0.3) is 0 Å². The third-order valence-electron chi connectivity index (χ3n) is 4.83. The standard InChI is InChI=1S/C18H31N3/c1-6-16(19-7-2)15-10-8-9-11-17(15)21-13-12-20(5)18(3,4)14-21/h8-11,16,19H,6-7,12-14H2,1-5H3. The van der Waals surface area contributed by atoms with E-state index in [2.05, 4.69) is 74.1 Å². The molecule has 1 unspecified atom stereocenters. The van der Waals surface area contributed by atoms with Crippen LogP contribution >= 0.6 is 0 Å². The topological polar surface area (TPSA) is 18.5 Å². The summed E-state index contributed by atoms with van der Waals surface area (Å²) in [4.78, 5) is 5.03. The Morgan fingerprint density at radius 1 is 1.19 bits per heavy atom. The van der Waals surface area contributed by atoms with Gasteiger partial charge in [-0.1, -0.05) is 32.0 Å². The second-order valence-electron chi connectivity index (χ2n) is 6.73. The fourth-order valence-corrected chi connectivity index (χ4v) is 3.24. The van der Waals surface area contributed by atoms with Gasteiger partial charge in [-0.05, 0) is 45.5 Å². The second-order valence-corrected chi connectivity index (χ2v) is 6.73. The first-order valence-corrected chi connectivity index (χ1v) is 8.28. The van der Waals surface area contributed by atoms with Crippen molar-refractivity contribution in [2.75, 3.05) is 38.1 Å². The van der Waals surface area contributed by atoms with Crippen molar-refractivity contribution >= 4 is 5.69 Å². The number of anilines is 1. The van der Waals surface area contributed by atoms with Crippen LogP contribution in [0.1, 0.15) is 45.7 Å². The summed E-state index contributed by atoms with van der Waals surface area (Å²) < 4.78 is 0. The van der Waals surface area contributed by atoms with Crippen molar-refractivity contribution in [2.24, 2.45) is 0 Å². The van der Waals surface area contributed by atoms with E-state index < -0.39 is 0 Å². The van der Waals surface area contributed by atoms with Gasteiger partial charge in [0.15, 0.2) is 0 Å². The van der Waals surface area contributed by atoms with Gasteiger partial charge in [0.2, 0.25) is 0 Å². The fourth-order valence-electron chi connectivity index (χ4n) is 3.24. The van der Waals surface area contributed by atoms with Crippen LogP contribution in [0, 0.1) is 0 Å². The molecule has 0 radical (unpaired) electrons. The highest BCUT2D eigenvalue weighted by atomic mass is 15.3. The molecule has 0 aromatic heterocycles. The van der Waals surface area contributed by atoms with Gasteiger partial charge in [-0.3, -0.25) is 4.90 Å². The van der Waals surface area contributed by atoms with Crippen molar-refractivity contribution in [3.63, 3.8) is 0 Å². The Labute approximate surface area is 130 Å². The van der Waals surface area contributed by atoms with E-state index in [4.69, 9.17) is 0 Å². The third kappa shape index (κ3) is 3.58. The molecule has 2 rings (SSSR count). The molecule has 1 aromatic carbocycles. The molecule has 0 bridgehead atoms. The molecular weight excluding hydrogens is 258 g/mol. The molecule has 21 heavy (non-hydrogen) atoms. The number of hydrogen-bond acceptors (Lipinski definition) is 3. The average molecular weight is 289 g/mol. The van der Waals surface area contributed by atoms with Crippen LogP contribution in [-0.4, -0.2) is 43.7 Å². The predicted octanol–water partition coefficient (Wildman–Crippen LogP) is 3.28. The molecule has 1 saturated heterocycles. The van der Waals surface area contributed by atoms with Crippen molar-refractivity contribution in [2.45, 2.75) is 45.7 Å². The molecular formula is C18H31N3. The number of nitrogens with zero attached hydrogens (tertiary/aromatic N) is 2. The molecule has 1 aliphatic rings. The molecule has 118 valence electrons. The summed E-state index contributed by atoms with van der Waals surface area (Å²) in [6, 6.07) is 9.37. The van der Waals surface area contributed by atoms with Crippen LogP contribution in [0.15, 0.2) is 24.3 Å². The maximum Gasteiger partial charge on any atom is 0.0415 e. The lowest BCUT2D eigenvalue weighted by molar-refractivity contribution is 0.138. The van der Waals surface area contributed by atoms with Crippen LogP contribution in [-0.2, 0) is 0 Å². The lowest BCUT2D eigenvalue weighted by atomic mass is 9.96. The van der Waals surface area contributed by atoms with Crippen molar-refractivity contribution in [1.29, 1.82) is 0 Å². The lowest BCUT2D eigenvalue weighted by Gasteiger charge is -2.47. The van der Waals surface area contributed by atoms with Crippen molar-refractivity contribution in [3.05, 3.63) is 29.8 Å². The highest BCUT2D eigenvalue weighted by molar-refractivity contribution is 5.56. The monoisotopic (exact) mass is 289 g/mol. The Bertz CT molecular complexity index is 456. The van der Waals surface area contributed by atoms with Crippen molar-refractivity contribution < 1.29 is 0 Å². The van der Waals surface area contributed by atoms with Gasteiger partial charge in [0.1, 0.15) is 0 Å². The molecule has 1 atom stereocenters. The number of benzene rings is 1. The quantitative estimate of drug-likeness (QED) is 0.897. The third-order valence-corrected chi connectivity index (χ3v) is 4.83. The Morgan fingerprint density at radius 3 is 2.52 bits per heavy atom. The molecule has 1 aliphatic heterocycles. The van der Waals surface area contributed by atoms with E-state index in [9.17, 15) is 0 Å². The van der Waals surface area contributed by atoms with E-state index in [1.54, 1.807) is 0 Å². The predicted molar refractivity (Wildman–Crippen MR) is 92.1 cm³/mol. The van der Waals surface area contributed by atoms with Gasteiger partial charge in [-0.25, -0.2) is 0 Å². The highest BCUT2D eigenvalue weighted by Crippen LogP contribution is 2.31. The number of likely N-dealkylation sites (N-methyl/N-ethyl adjacent to an activating group) is 1. The van der Waals surface area contributed by atoms with E-state index >= 15 is 0 Å². The number of para-hydroxylation sites is 1. The Kier molecular flexibility index (Phi) is 5.28. The number of nitrogens with one attached hydrogen (secondary N) is 1. The van der Waals surface area contributed by atoms with Crippen LogP contribution in [0.4, 0.5) is 5.69 Å². The molecule has 1 fully saturated rings. The van der Waals surface area contributed by atoms with Gasteiger partial charge in [-0.2, -0.15) is 0 Å². The maximum absolute atomic E-state index is 3.62. The van der Waals surface area contributed by atoms with Gasteiger partial charge in [0, 0.05) is 36.9 Å². The molecule has 0 amide bonds. The SMILES string of the molecule is CCNC(CC)c1ccccc1N1CCN(C)C(C)(C)C1. The van der Waals surface area contributed by atoms with Crippen LogP contribution in [0.2, 0.25) is 0 Å². The molecule has 0 saturated carbocycles. The first-order chi connectivity index (χ1) is 9.99. The lowest BCUT2D eigenvalue weighted by Crippen LogP contribution is -2.58. The Morgan fingerprint density at radius 2 is 1.90 bits per heavy atom. The highest BCUT2D eigenvalue weighted by Gasteiger charge is 2.32. The minimum atomic E-state index is 0.227. The van der Waals surface area contributed by atoms with Gasteiger partial charge >= 0.3 is 0 Å². The summed E-state index contributed by atoms with van der Waals surface area (Å²) >= 11 is 0. The molecule has 0 aliphatic carbocycles. The smallest absolute Gasteiger partial charge is 0.0415 e. The normalized spacial score (nSPS) is 20.5. The largest absolute Gasteiger partial charge is 0.368 e. The second kappa shape index (κ2) is 6.80. The fraction of sp³-hybridized carbons (Fsp3) is 0.667.